The van der Waals surface area contributed by atoms with Crippen molar-refractivity contribution in [2.24, 2.45) is 0 Å². The van der Waals surface area contributed by atoms with Crippen molar-refractivity contribution < 1.29 is 31.3 Å². The number of hydrogen-bond acceptors (Lipinski definition) is 3. The van der Waals surface area contributed by atoms with Gasteiger partial charge in [-0.15, -0.1) is 12.1 Å². The van der Waals surface area contributed by atoms with E-state index >= 15 is 0 Å². The first kappa shape index (κ1) is 12.1. The topological polar surface area (TPSA) is 27.7 Å². The summed E-state index contributed by atoms with van der Waals surface area (Å²) < 4.78 is 15.2. The molecule has 0 saturated carbocycles. The Hall–Kier alpha value is -0.861. The molecule has 0 saturated heterocycles. The minimum atomic E-state index is 0. The number of ether oxygens (including phenoxy) is 3. The number of benzene rings is 1. The first-order valence-electron chi connectivity index (χ1n) is 3.49. The van der Waals surface area contributed by atoms with Crippen molar-refractivity contribution in [3.63, 3.8) is 0 Å². The largest absolute Gasteiger partial charge is 0.550 e. The predicted molar refractivity (Wildman–Crippen MR) is 44.9 cm³/mol. The average Bonchev–Trinajstić information content (AvgIpc) is 2.16. The van der Waals surface area contributed by atoms with Crippen LogP contribution in [-0.2, 0) is 17.1 Å². The summed E-state index contributed by atoms with van der Waals surface area (Å²) >= 11 is 0. The fourth-order valence-corrected chi connectivity index (χ4v) is 0.950. The molecule has 1 aromatic carbocycles. The van der Waals surface area contributed by atoms with Gasteiger partial charge < -0.3 is 14.2 Å². The molecule has 0 aliphatic heterocycles. The third-order valence-electron chi connectivity index (χ3n) is 1.52. The van der Waals surface area contributed by atoms with Gasteiger partial charge in [-0.2, -0.15) is 6.07 Å². The van der Waals surface area contributed by atoms with Crippen molar-refractivity contribution in [3.05, 3.63) is 18.2 Å². The van der Waals surface area contributed by atoms with Crippen LogP contribution in [0.3, 0.4) is 0 Å². The summed E-state index contributed by atoms with van der Waals surface area (Å²) in [6, 6.07) is 6.27. The van der Waals surface area contributed by atoms with Gasteiger partial charge >= 0.3 is 0 Å². The van der Waals surface area contributed by atoms with Crippen LogP contribution in [0, 0.1) is 6.07 Å². The van der Waals surface area contributed by atoms with Crippen LogP contribution in [-0.4, -0.2) is 21.3 Å². The van der Waals surface area contributed by atoms with Crippen molar-refractivity contribution in [2.45, 2.75) is 0 Å². The molecule has 0 aromatic heterocycles. The number of rotatable bonds is 3. The van der Waals surface area contributed by atoms with Crippen molar-refractivity contribution in [1.82, 2.24) is 0 Å². The van der Waals surface area contributed by atoms with Gasteiger partial charge in [0.2, 0.25) is 0 Å². The van der Waals surface area contributed by atoms with E-state index in [2.05, 4.69) is 6.07 Å². The first-order chi connectivity index (χ1) is 5.83. The molecule has 0 heterocycles. The van der Waals surface area contributed by atoms with Crippen LogP contribution in [0.2, 0.25) is 0 Å². The van der Waals surface area contributed by atoms with Gasteiger partial charge in [0.1, 0.15) is 0 Å². The Labute approximate surface area is 88.5 Å². The summed E-state index contributed by atoms with van der Waals surface area (Å²) in [5.74, 6) is 1.84. The molecule has 1 rings (SSSR count). The zero-order chi connectivity index (χ0) is 8.97. The van der Waals surface area contributed by atoms with Gasteiger partial charge in [-0.3, -0.25) is 0 Å². The fraction of sp³-hybridized carbons (Fsp3) is 0.333. The summed E-state index contributed by atoms with van der Waals surface area (Å²) in [6.07, 6.45) is 0. The van der Waals surface area contributed by atoms with Crippen LogP contribution in [0.4, 0.5) is 0 Å². The standard InChI is InChI=1S/C9H11O3.Mn/c1-10-7-5-4-6-8(11-2)9(7)12-3;/h5-6H,1-3H3;/q-1;. The van der Waals surface area contributed by atoms with Crippen LogP contribution < -0.4 is 14.2 Å². The van der Waals surface area contributed by atoms with Gasteiger partial charge in [-0.25, -0.2) is 0 Å². The molecule has 0 N–H and O–H groups in total. The molecule has 0 atom stereocenters. The van der Waals surface area contributed by atoms with Gasteiger partial charge in [0.05, 0.1) is 38.6 Å². The second kappa shape index (κ2) is 5.73. The zero-order valence-electron chi connectivity index (χ0n) is 7.76. The van der Waals surface area contributed by atoms with E-state index in [9.17, 15) is 0 Å². The van der Waals surface area contributed by atoms with Crippen LogP contribution in [0.25, 0.3) is 0 Å². The maximum absolute atomic E-state index is 5.09. The Kier molecular flexibility index (Phi) is 5.35. The Morgan fingerprint density at radius 2 is 1.38 bits per heavy atom. The molecule has 1 radical (unpaired) electrons. The molecule has 0 unspecified atom stereocenters. The summed E-state index contributed by atoms with van der Waals surface area (Å²) in [4.78, 5) is 0. The average molecular weight is 222 g/mol. The van der Waals surface area contributed by atoms with E-state index < -0.39 is 0 Å². The molecule has 0 bridgehead atoms. The Bertz CT molecular complexity index is 241. The van der Waals surface area contributed by atoms with E-state index in [0.717, 1.165) is 0 Å². The van der Waals surface area contributed by atoms with Gasteiger partial charge in [0.15, 0.2) is 0 Å². The van der Waals surface area contributed by atoms with Gasteiger partial charge in [0, 0.05) is 17.1 Å². The number of hydrogen-bond donors (Lipinski definition) is 0. The third kappa shape index (κ3) is 2.54. The molecule has 0 aliphatic rings. The van der Waals surface area contributed by atoms with E-state index in [-0.39, 0.29) is 17.1 Å². The van der Waals surface area contributed by atoms with Gasteiger partial charge in [-0.05, 0) is 0 Å². The summed E-state index contributed by atoms with van der Waals surface area (Å²) in [6.45, 7) is 0. The van der Waals surface area contributed by atoms with Crippen LogP contribution in [0.15, 0.2) is 12.1 Å². The quantitative estimate of drug-likeness (QED) is 0.573. The molecule has 0 amide bonds. The predicted octanol–water partition coefficient (Wildman–Crippen LogP) is 1.51. The minimum absolute atomic E-state index is 0. The second-order valence-electron chi connectivity index (χ2n) is 2.13. The Balaban J connectivity index is 0.00000144. The molecule has 13 heavy (non-hydrogen) atoms. The molecule has 3 nitrogen and oxygen atoms in total. The monoisotopic (exact) mass is 222 g/mol. The van der Waals surface area contributed by atoms with Crippen LogP contribution >= 0.6 is 0 Å². The maximum atomic E-state index is 5.09. The molecule has 0 fully saturated rings. The number of methoxy groups -OCH3 is 3. The van der Waals surface area contributed by atoms with Crippen molar-refractivity contribution in [2.75, 3.05) is 21.3 Å². The van der Waals surface area contributed by atoms with Crippen molar-refractivity contribution >= 4 is 0 Å². The summed E-state index contributed by atoms with van der Waals surface area (Å²) in [5, 5.41) is 0. The molecule has 0 spiro atoms. The van der Waals surface area contributed by atoms with Gasteiger partial charge in [0.25, 0.3) is 0 Å². The molecule has 1 aromatic rings. The van der Waals surface area contributed by atoms with E-state index in [1.807, 2.05) is 0 Å². The minimum Gasteiger partial charge on any atom is -0.550 e. The second-order valence-corrected chi connectivity index (χ2v) is 2.13. The van der Waals surface area contributed by atoms with Crippen molar-refractivity contribution in [1.29, 1.82) is 0 Å². The molecule has 73 valence electrons. The fourth-order valence-electron chi connectivity index (χ4n) is 0.950. The molecular formula is C9H11MnO3-. The van der Waals surface area contributed by atoms with E-state index in [0.29, 0.717) is 17.2 Å². The molecular weight excluding hydrogens is 211 g/mol. The molecule has 4 heteroatoms. The van der Waals surface area contributed by atoms with E-state index in [1.165, 1.54) is 0 Å². The summed E-state index contributed by atoms with van der Waals surface area (Å²) in [7, 11) is 4.72. The maximum Gasteiger partial charge on any atom is 0.0924 e. The SMILES string of the molecule is COc1c[c-]cc(OC)c1OC.[Mn]. The molecule has 0 aliphatic carbocycles. The normalized spacial score (nSPS) is 8.54. The Morgan fingerprint density at radius 1 is 0.923 bits per heavy atom. The van der Waals surface area contributed by atoms with Gasteiger partial charge in [-0.1, -0.05) is 0 Å². The van der Waals surface area contributed by atoms with Crippen LogP contribution in [0.1, 0.15) is 0 Å². The third-order valence-corrected chi connectivity index (χ3v) is 1.52. The van der Waals surface area contributed by atoms with Crippen molar-refractivity contribution in [3.8, 4) is 17.2 Å². The smallest absolute Gasteiger partial charge is 0.0924 e. The van der Waals surface area contributed by atoms with Crippen LogP contribution in [0.5, 0.6) is 17.2 Å². The zero-order valence-corrected chi connectivity index (χ0v) is 8.94. The first-order valence-corrected chi connectivity index (χ1v) is 3.49. The summed E-state index contributed by atoms with van der Waals surface area (Å²) in [5.41, 5.74) is 0. The van der Waals surface area contributed by atoms with E-state index in [1.54, 1.807) is 33.5 Å². The Morgan fingerprint density at radius 3 is 1.69 bits per heavy atom. The van der Waals surface area contributed by atoms with E-state index in [4.69, 9.17) is 14.2 Å².